The summed E-state index contributed by atoms with van der Waals surface area (Å²) >= 11 is 0. The zero-order valence-electron chi connectivity index (χ0n) is 36.5. The van der Waals surface area contributed by atoms with E-state index in [4.69, 9.17) is 24.2 Å². The van der Waals surface area contributed by atoms with E-state index < -0.39 is 17.4 Å². The molecule has 59 heavy (non-hydrogen) atoms. The first-order valence-corrected chi connectivity index (χ1v) is 22.6. The van der Waals surface area contributed by atoms with Crippen molar-refractivity contribution in [1.29, 1.82) is 0 Å². The number of amides is 1. The molecule has 10 nitrogen and oxygen atoms in total. The molecule has 1 aromatic carbocycles. The van der Waals surface area contributed by atoms with Gasteiger partial charge in [-0.3, -0.25) is 9.78 Å². The quantitative estimate of drug-likeness (QED) is 0.0726. The Kier molecular flexibility index (Phi) is 15.7. The number of benzene rings is 1. The summed E-state index contributed by atoms with van der Waals surface area (Å²) in [6, 6.07) is 11.6. The molecular weight excluding hydrogens is 743 g/mol. The Morgan fingerprint density at radius 2 is 1.83 bits per heavy atom. The first-order chi connectivity index (χ1) is 28.5. The number of pyridine rings is 1. The van der Waals surface area contributed by atoms with Crippen LogP contribution in [0.3, 0.4) is 0 Å². The molecular formula is C49H71N3O7. The van der Waals surface area contributed by atoms with Gasteiger partial charge in [-0.2, -0.15) is 0 Å². The van der Waals surface area contributed by atoms with Gasteiger partial charge in [-0.25, -0.2) is 0 Å². The van der Waals surface area contributed by atoms with Crippen LogP contribution in [0, 0.1) is 30.6 Å². The summed E-state index contributed by atoms with van der Waals surface area (Å²) in [5.74, 6) is 0.750. The number of nitrogens with zero attached hydrogens (tertiary/aromatic N) is 3. The zero-order chi connectivity index (χ0) is 42.0. The van der Waals surface area contributed by atoms with Crippen LogP contribution in [0.2, 0.25) is 0 Å². The van der Waals surface area contributed by atoms with E-state index in [0.717, 1.165) is 84.7 Å². The third kappa shape index (κ3) is 10.8. The van der Waals surface area contributed by atoms with Crippen LogP contribution >= 0.6 is 0 Å². The Labute approximate surface area is 353 Å². The highest BCUT2D eigenvalue weighted by molar-refractivity contribution is 6.03. The number of aliphatic hydroxyl groups excluding tert-OH is 2. The number of oxime groups is 1. The molecule has 1 amide bonds. The van der Waals surface area contributed by atoms with Crippen molar-refractivity contribution in [3.63, 3.8) is 0 Å². The van der Waals surface area contributed by atoms with Gasteiger partial charge in [-0.05, 0) is 120 Å². The first kappa shape index (κ1) is 44.8. The van der Waals surface area contributed by atoms with E-state index in [-0.39, 0.29) is 49.4 Å². The molecule has 324 valence electrons. The lowest BCUT2D eigenvalue weighted by atomic mass is 9.55. The summed E-state index contributed by atoms with van der Waals surface area (Å²) in [5, 5.41) is 24.9. The highest BCUT2D eigenvalue weighted by Gasteiger charge is 2.65. The fraction of sp³-hybridized carbons (Fsp3) is 0.653. The average Bonchev–Trinajstić information content (AvgIpc) is 3.75. The van der Waals surface area contributed by atoms with Crippen molar-refractivity contribution in [2.24, 2.45) is 28.8 Å². The fourth-order valence-electron chi connectivity index (χ4n) is 10.2. The van der Waals surface area contributed by atoms with Gasteiger partial charge < -0.3 is 34.2 Å². The van der Waals surface area contributed by atoms with Crippen LogP contribution in [0.15, 0.2) is 65.9 Å². The van der Waals surface area contributed by atoms with E-state index in [9.17, 15) is 15.0 Å². The molecule has 0 spiro atoms. The molecule has 4 aliphatic rings. The third-order valence-electron chi connectivity index (χ3n) is 12.8. The predicted molar refractivity (Wildman–Crippen MR) is 232 cm³/mol. The lowest BCUT2D eigenvalue weighted by Gasteiger charge is -2.60. The van der Waals surface area contributed by atoms with Crippen molar-refractivity contribution < 1.29 is 34.1 Å². The van der Waals surface area contributed by atoms with Gasteiger partial charge in [0, 0.05) is 49.8 Å². The maximum Gasteiger partial charge on any atom is 0.239 e. The Hall–Kier alpha value is -3.73. The number of carbonyl (C=O) groups is 1. The second-order valence-corrected chi connectivity index (χ2v) is 18.3. The van der Waals surface area contributed by atoms with E-state index in [2.05, 4.69) is 35.5 Å². The van der Waals surface area contributed by atoms with Gasteiger partial charge in [0.05, 0.1) is 23.9 Å². The molecule has 6 unspecified atom stereocenters. The van der Waals surface area contributed by atoms with Crippen molar-refractivity contribution in [1.82, 2.24) is 9.88 Å². The van der Waals surface area contributed by atoms with Gasteiger partial charge in [0.15, 0.2) is 0 Å². The molecule has 1 aliphatic heterocycles. The van der Waals surface area contributed by atoms with E-state index in [1.54, 1.807) is 6.08 Å². The molecule has 0 saturated heterocycles. The monoisotopic (exact) mass is 814 g/mol. The van der Waals surface area contributed by atoms with Crippen LogP contribution in [-0.4, -0.2) is 75.5 Å². The van der Waals surface area contributed by atoms with Crippen LogP contribution in [0.25, 0.3) is 0 Å². The summed E-state index contributed by atoms with van der Waals surface area (Å²) in [4.78, 5) is 27.8. The highest BCUT2D eigenvalue weighted by Crippen LogP contribution is 2.62. The number of allylic oxidation sites excluding steroid dienone is 1. The number of ether oxygens (including phenoxy) is 3. The molecule has 6 rings (SSSR count). The maximum absolute atomic E-state index is 14.7. The third-order valence-corrected chi connectivity index (χ3v) is 12.8. The van der Waals surface area contributed by atoms with Crippen molar-refractivity contribution in [2.75, 3.05) is 26.4 Å². The second kappa shape index (κ2) is 20.7. The summed E-state index contributed by atoms with van der Waals surface area (Å²) < 4.78 is 21.0. The van der Waals surface area contributed by atoms with Gasteiger partial charge in [-0.1, -0.05) is 68.8 Å². The number of aliphatic hydroxyl groups is 2. The minimum absolute atomic E-state index is 0.110. The van der Waals surface area contributed by atoms with Crippen molar-refractivity contribution in [3.8, 4) is 11.5 Å². The van der Waals surface area contributed by atoms with Gasteiger partial charge >= 0.3 is 0 Å². The van der Waals surface area contributed by atoms with Crippen LogP contribution in [0.4, 0.5) is 0 Å². The molecule has 10 heteroatoms. The average molecular weight is 814 g/mol. The lowest BCUT2D eigenvalue weighted by molar-refractivity contribution is -0.257. The van der Waals surface area contributed by atoms with Crippen LogP contribution in [-0.2, 0) is 21.0 Å². The van der Waals surface area contributed by atoms with Gasteiger partial charge in [0.2, 0.25) is 11.7 Å². The fourth-order valence-corrected chi connectivity index (χ4v) is 10.2. The molecule has 1 aromatic heterocycles. The zero-order valence-corrected chi connectivity index (χ0v) is 36.5. The summed E-state index contributed by atoms with van der Waals surface area (Å²) in [6.07, 6.45) is 16.6. The largest absolute Gasteiger partial charge is 0.487 e. The number of rotatable bonds is 21. The number of aromatic nitrogens is 1. The van der Waals surface area contributed by atoms with Crippen LogP contribution in [0.5, 0.6) is 11.5 Å². The van der Waals surface area contributed by atoms with Crippen LogP contribution < -0.4 is 9.47 Å². The van der Waals surface area contributed by atoms with Gasteiger partial charge in [-0.15, -0.1) is 6.58 Å². The number of aryl methyl sites for hydroxylation is 1. The van der Waals surface area contributed by atoms with E-state index in [0.29, 0.717) is 38.3 Å². The first-order valence-electron chi connectivity index (χ1n) is 22.6. The molecule has 2 heterocycles. The molecule has 2 aromatic rings. The minimum atomic E-state index is -1.25. The van der Waals surface area contributed by atoms with E-state index >= 15 is 0 Å². The highest BCUT2D eigenvalue weighted by atomic mass is 16.7. The molecule has 0 radical (unpaired) electrons. The van der Waals surface area contributed by atoms with E-state index in [1.165, 1.54) is 25.7 Å². The van der Waals surface area contributed by atoms with Crippen LogP contribution in [0.1, 0.15) is 140 Å². The number of hydrogen-bond donors (Lipinski definition) is 2. The molecule has 0 bridgehead atoms. The number of unbranched alkanes of at least 4 members (excludes halogenated alkanes) is 2. The van der Waals surface area contributed by atoms with Crippen molar-refractivity contribution >= 4 is 11.6 Å². The molecule has 2 fully saturated rings. The number of hydrogen-bond acceptors (Lipinski definition) is 9. The number of fused-ring (bicyclic) bond motifs is 2. The Bertz CT molecular complexity index is 1760. The topological polar surface area (TPSA) is 123 Å². The smallest absolute Gasteiger partial charge is 0.239 e. The van der Waals surface area contributed by atoms with E-state index in [1.807, 2.05) is 58.0 Å². The molecule has 3 aliphatic carbocycles. The minimum Gasteiger partial charge on any atom is -0.487 e. The molecule has 2 N–H and O–H groups in total. The normalized spacial score (nSPS) is 25.8. The molecule has 2 saturated carbocycles. The SMILES string of the molecule is C=CCOC12Oc3ccc(OCc4cccc(C)n4)cc3C3C(CCCCO)C(CCCCO)C=C(C(=NOC(C)(C)C)CC1N(CCC)C(=O)CCC1CCCC1)C32. The second-order valence-electron chi connectivity index (χ2n) is 18.3. The number of carbonyl (C=O) groups excluding carboxylic acids is 1. The summed E-state index contributed by atoms with van der Waals surface area (Å²) in [6.45, 7) is 15.6. The predicted octanol–water partition coefficient (Wildman–Crippen LogP) is 9.61. The van der Waals surface area contributed by atoms with Gasteiger partial charge in [0.25, 0.3) is 0 Å². The Balaban J connectivity index is 1.54. The van der Waals surface area contributed by atoms with Gasteiger partial charge in [0.1, 0.15) is 29.7 Å². The Morgan fingerprint density at radius 3 is 2.53 bits per heavy atom. The standard InChI is InChI=1S/C49H71N3O7/c1-7-26-52(45(55)25-22-35-17-9-10-18-35)44-32-42(51-59-48(4,5)6)40-30-36(19-11-13-27-53)39(21-12-14-28-54)46-41-31-38(56-33-37-20-15-16-34(3)50-37)23-24-43(41)58-49(44,47(40)46)57-29-8-2/h8,15-16,20,23-24,30-31,35-36,39,44,46-47,53-54H,2,7,9-14,17-19,21-22,25-29,32-33H2,1,3-6H3. The Morgan fingerprint density at radius 1 is 1.07 bits per heavy atom. The lowest BCUT2D eigenvalue weighted by Crippen LogP contribution is -2.70. The summed E-state index contributed by atoms with van der Waals surface area (Å²) in [5.41, 5.74) is 4.17. The van der Waals surface area contributed by atoms with Crippen molar-refractivity contribution in [3.05, 3.63) is 77.7 Å². The molecule has 6 atom stereocenters. The maximum atomic E-state index is 14.7. The summed E-state index contributed by atoms with van der Waals surface area (Å²) in [7, 11) is 0. The van der Waals surface area contributed by atoms with Crippen molar-refractivity contribution in [2.45, 2.75) is 154 Å².